The molecule has 1 aromatic heterocycles. The number of rotatable bonds is 6. The number of carbonyl (C=O) groups is 1. The quantitative estimate of drug-likeness (QED) is 0.859. The molecule has 136 valence electrons. The van der Waals surface area contributed by atoms with Gasteiger partial charge in [-0.15, -0.1) is 12.4 Å². The zero-order chi connectivity index (χ0) is 16.8. The normalized spacial score (nSPS) is 14.8. The Morgan fingerprint density at radius 1 is 1.28 bits per heavy atom. The van der Waals surface area contributed by atoms with Crippen LogP contribution in [0, 0.1) is 0 Å². The average Bonchev–Trinajstić information content (AvgIpc) is 3.15. The number of benzene rings is 1. The fourth-order valence-corrected chi connectivity index (χ4v) is 3.33. The summed E-state index contributed by atoms with van der Waals surface area (Å²) in [4.78, 5) is 14.9. The predicted molar refractivity (Wildman–Crippen MR) is 102 cm³/mol. The highest BCUT2D eigenvalue weighted by Crippen LogP contribution is 2.16. The second-order valence-electron chi connectivity index (χ2n) is 6.36. The zero-order valence-electron chi connectivity index (χ0n) is 14.7. The van der Waals surface area contributed by atoms with Crippen LogP contribution in [-0.4, -0.2) is 46.3 Å². The molecule has 0 atom stereocenters. The predicted octanol–water partition coefficient (Wildman–Crippen LogP) is 2.83. The van der Waals surface area contributed by atoms with Gasteiger partial charge < -0.3 is 10.2 Å². The van der Waals surface area contributed by atoms with Gasteiger partial charge in [0.2, 0.25) is 5.91 Å². The topological polar surface area (TPSA) is 50.2 Å². The van der Waals surface area contributed by atoms with E-state index >= 15 is 0 Å². The first-order valence-corrected chi connectivity index (χ1v) is 8.87. The van der Waals surface area contributed by atoms with Gasteiger partial charge in [-0.1, -0.05) is 19.1 Å². The van der Waals surface area contributed by atoms with E-state index in [-0.39, 0.29) is 18.3 Å². The molecular formula is C19H27ClN4O. The maximum Gasteiger partial charge on any atom is 0.227 e. The summed E-state index contributed by atoms with van der Waals surface area (Å²) in [7, 11) is 0. The SMILES string of the molecule is CCCN(C(=O)Cc1ccc(-n2cccn2)cc1)C1CCNCC1.Cl. The van der Waals surface area contributed by atoms with E-state index in [0.717, 1.165) is 50.1 Å². The van der Waals surface area contributed by atoms with E-state index in [1.807, 2.05) is 41.2 Å². The molecule has 1 amide bonds. The van der Waals surface area contributed by atoms with Crippen LogP contribution in [0.5, 0.6) is 0 Å². The second kappa shape index (κ2) is 9.59. The van der Waals surface area contributed by atoms with Crippen molar-refractivity contribution in [3.63, 3.8) is 0 Å². The largest absolute Gasteiger partial charge is 0.339 e. The van der Waals surface area contributed by atoms with Crippen LogP contribution in [-0.2, 0) is 11.2 Å². The van der Waals surface area contributed by atoms with Crippen molar-refractivity contribution in [3.8, 4) is 5.69 Å². The van der Waals surface area contributed by atoms with Gasteiger partial charge in [0.25, 0.3) is 0 Å². The average molecular weight is 363 g/mol. The number of carbonyl (C=O) groups excluding carboxylic acids is 1. The molecule has 1 fully saturated rings. The maximum atomic E-state index is 12.8. The molecule has 1 aliphatic heterocycles. The summed E-state index contributed by atoms with van der Waals surface area (Å²) >= 11 is 0. The fourth-order valence-electron chi connectivity index (χ4n) is 3.33. The van der Waals surface area contributed by atoms with Crippen LogP contribution in [0.1, 0.15) is 31.7 Å². The van der Waals surface area contributed by atoms with Crippen LogP contribution in [0.25, 0.3) is 5.69 Å². The van der Waals surface area contributed by atoms with Crippen LogP contribution in [0.4, 0.5) is 0 Å². The first-order chi connectivity index (χ1) is 11.8. The monoisotopic (exact) mass is 362 g/mol. The lowest BCUT2D eigenvalue weighted by Crippen LogP contribution is -2.47. The van der Waals surface area contributed by atoms with E-state index in [9.17, 15) is 4.79 Å². The molecule has 0 spiro atoms. The zero-order valence-corrected chi connectivity index (χ0v) is 15.5. The lowest BCUT2D eigenvalue weighted by molar-refractivity contribution is -0.133. The summed E-state index contributed by atoms with van der Waals surface area (Å²) in [6, 6.07) is 10.4. The molecule has 25 heavy (non-hydrogen) atoms. The van der Waals surface area contributed by atoms with Gasteiger partial charge in [-0.3, -0.25) is 4.79 Å². The molecule has 1 aromatic carbocycles. The smallest absolute Gasteiger partial charge is 0.227 e. The number of amides is 1. The minimum absolute atomic E-state index is 0. The van der Waals surface area contributed by atoms with Crippen LogP contribution < -0.4 is 5.32 Å². The lowest BCUT2D eigenvalue weighted by Gasteiger charge is -2.34. The number of aromatic nitrogens is 2. The minimum atomic E-state index is 0. The number of hydrogen-bond donors (Lipinski definition) is 1. The van der Waals surface area contributed by atoms with Crippen molar-refractivity contribution in [2.24, 2.45) is 0 Å². The van der Waals surface area contributed by atoms with Gasteiger partial charge in [-0.2, -0.15) is 5.10 Å². The van der Waals surface area contributed by atoms with Crippen molar-refractivity contribution in [2.45, 2.75) is 38.6 Å². The van der Waals surface area contributed by atoms with E-state index < -0.39 is 0 Å². The molecule has 0 radical (unpaired) electrons. The molecule has 2 aromatic rings. The highest BCUT2D eigenvalue weighted by atomic mass is 35.5. The Hall–Kier alpha value is -1.85. The Bertz CT molecular complexity index is 636. The minimum Gasteiger partial charge on any atom is -0.339 e. The van der Waals surface area contributed by atoms with Crippen molar-refractivity contribution in [2.75, 3.05) is 19.6 Å². The third-order valence-corrected chi connectivity index (χ3v) is 4.59. The molecule has 1 aliphatic rings. The Balaban J connectivity index is 0.00000225. The number of nitrogens with zero attached hydrogens (tertiary/aromatic N) is 3. The molecule has 1 saturated heterocycles. The molecule has 6 heteroatoms. The summed E-state index contributed by atoms with van der Waals surface area (Å²) in [5.74, 6) is 0.246. The van der Waals surface area contributed by atoms with Gasteiger partial charge in [0.15, 0.2) is 0 Å². The van der Waals surface area contributed by atoms with Crippen molar-refractivity contribution in [1.82, 2.24) is 20.0 Å². The highest BCUT2D eigenvalue weighted by Gasteiger charge is 2.24. The molecule has 2 heterocycles. The molecule has 1 N–H and O–H groups in total. The third kappa shape index (κ3) is 5.06. The van der Waals surface area contributed by atoms with Crippen molar-refractivity contribution in [1.29, 1.82) is 0 Å². The van der Waals surface area contributed by atoms with Gasteiger partial charge in [0.05, 0.1) is 12.1 Å². The number of piperidine rings is 1. The van der Waals surface area contributed by atoms with E-state index in [4.69, 9.17) is 0 Å². The Labute approximate surface area is 155 Å². The van der Waals surface area contributed by atoms with E-state index in [0.29, 0.717) is 12.5 Å². The summed E-state index contributed by atoms with van der Waals surface area (Å²) in [5.41, 5.74) is 2.07. The van der Waals surface area contributed by atoms with Gasteiger partial charge >= 0.3 is 0 Å². The van der Waals surface area contributed by atoms with E-state index in [2.05, 4.69) is 22.2 Å². The first kappa shape index (κ1) is 19.5. The Kier molecular flexibility index (Phi) is 7.47. The van der Waals surface area contributed by atoms with Gasteiger partial charge in [0.1, 0.15) is 0 Å². The third-order valence-electron chi connectivity index (χ3n) is 4.59. The van der Waals surface area contributed by atoms with E-state index in [1.54, 1.807) is 6.20 Å². The number of nitrogens with one attached hydrogen (secondary N) is 1. The van der Waals surface area contributed by atoms with Crippen LogP contribution in [0.3, 0.4) is 0 Å². The number of hydrogen-bond acceptors (Lipinski definition) is 3. The van der Waals surface area contributed by atoms with Gasteiger partial charge in [0, 0.05) is 25.0 Å². The summed E-state index contributed by atoms with van der Waals surface area (Å²) < 4.78 is 1.82. The highest BCUT2D eigenvalue weighted by molar-refractivity contribution is 5.85. The fraction of sp³-hybridized carbons (Fsp3) is 0.474. The molecule has 0 saturated carbocycles. The molecular weight excluding hydrogens is 336 g/mol. The molecule has 0 aliphatic carbocycles. The van der Waals surface area contributed by atoms with Crippen molar-refractivity contribution >= 4 is 18.3 Å². The van der Waals surface area contributed by atoms with Crippen molar-refractivity contribution < 1.29 is 4.79 Å². The van der Waals surface area contributed by atoms with Gasteiger partial charge in [-0.25, -0.2) is 4.68 Å². The van der Waals surface area contributed by atoms with Crippen LogP contribution in [0.2, 0.25) is 0 Å². The van der Waals surface area contributed by atoms with Gasteiger partial charge in [-0.05, 0) is 56.1 Å². The standard InChI is InChI=1S/C19H26N4O.ClH/c1-2-13-22(17-8-11-20-12-9-17)19(24)15-16-4-6-18(7-5-16)23-14-3-10-21-23;/h3-7,10,14,17,20H,2,8-9,11-13,15H2,1H3;1H. The first-order valence-electron chi connectivity index (χ1n) is 8.87. The molecule has 5 nitrogen and oxygen atoms in total. The van der Waals surface area contributed by atoms with E-state index in [1.165, 1.54) is 0 Å². The lowest BCUT2D eigenvalue weighted by atomic mass is 10.0. The van der Waals surface area contributed by atoms with Crippen LogP contribution in [0.15, 0.2) is 42.7 Å². The van der Waals surface area contributed by atoms with Crippen LogP contribution >= 0.6 is 12.4 Å². The Morgan fingerprint density at radius 3 is 2.60 bits per heavy atom. The molecule has 3 rings (SSSR count). The van der Waals surface area contributed by atoms with Crippen molar-refractivity contribution in [3.05, 3.63) is 48.3 Å². The second-order valence-corrected chi connectivity index (χ2v) is 6.36. The number of halogens is 1. The maximum absolute atomic E-state index is 12.8. The molecule has 0 bridgehead atoms. The Morgan fingerprint density at radius 2 is 2.00 bits per heavy atom. The summed E-state index contributed by atoms with van der Waals surface area (Å²) in [5, 5.41) is 7.60. The summed E-state index contributed by atoms with van der Waals surface area (Å²) in [6.07, 6.45) is 7.28. The molecule has 0 unspecified atom stereocenters. The summed E-state index contributed by atoms with van der Waals surface area (Å²) in [6.45, 7) is 5.02.